The minimum Gasteiger partial charge on any atom is -0.359 e. The number of allylic oxidation sites excluding steroid dienone is 5. The lowest BCUT2D eigenvalue weighted by molar-refractivity contribution is 0.243. The number of thioether (sulfide) groups is 1. The van der Waals surface area contributed by atoms with Gasteiger partial charge in [0.15, 0.2) is 0 Å². The highest BCUT2D eigenvalue weighted by atomic mass is 32.2. The van der Waals surface area contributed by atoms with E-state index in [-0.39, 0.29) is 6.03 Å². The van der Waals surface area contributed by atoms with E-state index in [9.17, 15) is 4.79 Å². The van der Waals surface area contributed by atoms with Gasteiger partial charge < -0.3 is 15.6 Å². The van der Waals surface area contributed by atoms with E-state index in [1.54, 1.807) is 12.3 Å². The number of nitrogens with one attached hydrogen (secondary N) is 3. The maximum absolute atomic E-state index is 11.9. The van der Waals surface area contributed by atoms with Gasteiger partial charge in [-0.15, -0.1) is 11.8 Å². The highest BCUT2D eigenvalue weighted by molar-refractivity contribution is 7.99. The van der Waals surface area contributed by atoms with Gasteiger partial charge in [-0.1, -0.05) is 30.9 Å². The molecule has 0 saturated carbocycles. The second-order valence-corrected chi connectivity index (χ2v) is 7.78. The number of H-pyrrole nitrogens is 1. The van der Waals surface area contributed by atoms with Crippen LogP contribution in [0.3, 0.4) is 0 Å². The molecule has 0 saturated heterocycles. The Morgan fingerprint density at radius 2 is 2.16 bits per heavy atom. The SMILES string of the molecule is C=C/C=C\C(=C/C)c1cc(N=C)c(SCNC(=O)NCC)c(-c2nccc3cc[nH]c23)c1. The summed E-state index contributed by atoms with van der Waals surface area (Å²) in [7, 11) is 0. The van der Waals surface area contributed by atoms with Crippen molar-refractivity contribution < 1.29 is 4.79 Å². The highest BCUT2D eigenvalue weighted by Gasteiger charge is 2.18. The number of benzene rings is 1. The van der Waals surface area contributed by atoms with Crippen molar-refractivity contribution in [1.82, 2.24) is 20.6 Å². The van der Waals surface area contributed by atoms with Crippen LogP contribution in [0.15, 0.2) is 77.4 Å². The van der Waals surface area contributed by atoms with Crippen molar-refractivity contribution in [3.63, 3.8) is 0 Å². The van der Waals surface area contributed by atoms with Crippen LogP contribution in [0, 0.1) is 0 Å². The molecule has 3 rings (SSSR count). The van der Waals surface area contributed by atoms with Crippen LogP contribution in [0.25, 0.3) is 27.7 Å². The first-order valence-electron chi connectivity index (χ1n) is 10.3. The zero-order valence-electron chi connectivity index (χ0n) is 18.3. The first-order valence-corrected chi connectivity index (χ1v) is 11.3. The number of aromatic amines is 1. The number of carbonyl (C=O) groups excluding carboxylic acids is 1. The molecule has 0 aliphatic rings. The number of hydrogen-bond acceptors (Lipinski definition) is 4. The lowest BCUT2D eigenvalue weighted by atomic mass is 9.99. The maximum Gasteiger partial charge on any atom is 0.315 e. The molecule has 164 valence electrons. The Kier molecular flexibility index (Phi) is 8.05. The number of carbonyl (C=O) groups is 1. The van der Waals surface area contributed by atoms with E-state index in [1.165, 1.54) is 11.8 Å². The number of rotatable bonds is 9. The van der Waals surface area contributed by atoms with E-state index in [0.717, 1.165) is 43.9 Å². The van der Waals surface area contributed by atoms with Crippen molar-refractivity contribution in [2.75, 3.05) is 12.4 Å². The second-order valence-electron chi connectivity index (χ2n) is 6.80. The van der Waals surface area contributed by atoms with Gasteiger partial charge in [0, 0.05) is 34.8 Å². The quantitative estimate of drug-likeness (QED) is 0.162. The van der Waals surface area contributed by atoms with Gasteiger partial charge in [0.1, 0.15) is 0 Å². The van der Waals surface area contributed by atoms with Crippen LogP contribution >= 0.6 is 11.8 Å². The summed E-state index contributed by atoms with van der Waals surface area (Å²) in [6, 6.07) is 7.89. The van der Waals surface area contributed by atoms with Crippen molar-refractivity contribution in [2.45, 2.75) is 18.7 Å². The molecule has 1 aromatic carbocycles. The van der Waals surface area contributed by atoms with E-state index in [4.69, 9.17) is 0 Å². The molecule has 2 heterocycles. The Labute approximate surface area is 192 Å². The first kappa shape index (κ1) is 23.1. The fourth-order valence-corrected chi connectivity index (χ4v) is 4.27. The van der Waals surface area contributed by atoms with Gasteiger partial charge in [-0.3, -0.25) is 9.98 Å². The summed E-state index contributed by atoms with van der Waals surface area (Å²) in [6.07, 6.45) is 11.4. The molecule has 3 N–H and O–H groups in total. The fraction of sp³-hybridized carbons (Fsp3) is 0.160. The first-order chi connectivity index (χ1) is 15.6. The number of pyridine rings is 1. The standard InChI is InChI=1S/C25H27N5OS/c1-5-8-9-17(6-2)19-14-20(23-22-18(10-12-28-22)11-13-29-23)24(21(15-19)26-4)32-16-30-25(31)27-7-3/h5-6,8-15,28H,1,4,7,16H2,2-3H3,(H2,27,30,31)/b9-8-,17-6+. The summed E-state index contributed by atoms with van der Waals surface area (Å²) >= 11 is 1.49. The normalized spacial score (nSPS) is 11.6. The van der Waals surface area contributed by atoms with Crippen LogP contribution < -0.4 is 10.6 Å². The summed E-state index contributed by atoms with van der Waals surface area (Å²) in [6.45, 7) is 12.0. The molecule has 0 aliphatic carbocycles. The van der Waals surface area contributed by atoms with Crippen LogP contribution in [0.4, 0.5) is 10.5 Å². The Hall–Kier alpha value is -3.58. The fourth-order valence-electron chi connectivity index (χ4n) is 3.34. The summed E-state index contributed by atoms with van der Waals surface area (Å²) in [5.41, 5.74) is 5.45. The second kappa shape index (κ2) is 11.2. The molecule has 6 nitrogen and oxygen atoms in total. The Bertz CT molecular complexity index is 1190. The van der Waals surface area contributed by atoms with Crippen molar-refractivity contribution in [1.29, 1.82) is 0 Å². The van der Waals surface area contributed by atoms with Gasteiger partial charge in [0.25, 0.3) is 0 Å². The molecule has 0 fully saturated rings. The predicted octanol–water partition coefficient (Wildman–Crippen LogP) is 6.08. The molecule has 2 amide bonds. The van der Waals surface area contributed by atoms with E-state index in [2.05, 4.69) is 45.0 Å². The summed E-state index contributed by atoms with van der Waals surface area (Å²) in [5.74, 6) is 0.383. The van der Waals surface area contributed by atoms with Gasteiger partial charge >= 0.3 is 6.03 Å². The van der Waals surface area contributed by atoms with E-state index < -0.39 is 0 Å². The minimum absolute atomic E-state index is 0.207. The number of aromatic nitrogens is 2. The monoisotopic (exact) mass is 445 g/mol. The Morgan fingerprint density at radius 1 is 1.31 bits per heavy atom. The van der Waals surface area contributed by atoms with Gasteiger partial charge in [-0.05, 0) is 56.0 Å². The average molecular weight is 446 g/mol. The molecule has 3 aromatic rings. The molecular weight excluding hydrogens is 418 g/mol. The predicted molar refractivity (Wildman–Crippen MR) is 137 cm³/mol. The van der Waals surface area contributed by atoms with Gasteiger partial charge in [0.05, 0.1) is 22.8 Å². The summed E-state index contributed by atoms with van der Waals surface area (Å²) in [4.78, 5) is 25.0. The third-order valence-electron chi connectivity index (χ3n) is 4.81. The number of aliphatic imine (C=N–C) groups is 1. The molecule has 0 aliphatic heterocycles. The lowest BCUT2D eigenvalue weighted by Crippen LogP contribution is -2.34. The molecule has 0 unspecified atom stereocenters. The van der Waals surface area contributed by atoms with Crippen molar-refractivity contribution >= 4 is 46.7 Å². The molecular formula is C25H27N5OS. The summed E-state index contributed by atoms with van der Waals surface area (Å²) in [5, 5.41) is 6.67. The van der Waals surface area contributed by atoms with Crippen molar-refractivity contribution in [2.24, 2.45) is 4.99 Å². The molecule has 0 spiro atoms. The van der Waals surface area contributed by atoms with Crippen molar-refractivity contribution in [3.8, 4) is 11.3 Å². The van der Waals surface area contributed by atoms with Crippen LogP contribution in [-0.4, -0.2) is 35.1 Å². The average Bonchev–Trinajstić information content (AvgIpc) is 3.29. The topological polar surface area (TPSA) is 82.2 Å². The van der Waals surface area contributed by atoms with E-state index in [0.29, 0.717) is 12.4 Å². The summed E-state index contributed by atoms with van der Waals surface area (Å²) < 4.78 is 0. The molecule has 0 radical (unpaired) electrons. The molecule has 0 bridgehead atoms. The number of hydrogen-bond donors (Lipinski definition) is 3. The van der Waals surface area contributed by atoms with Crippen LogP contribution in [0.1, 0.15) is 19.4 Å². The van der Waals surface area contributed by atoms with Gasteiger partial charge in [-0.25, -0.2) is 4.79 Å². The lowest BCUT2D eigenvalue weighted by Gasteiger charge is -2.16. The zero-order valence-corrected chi connectivity index (χ0v) is 19.1. The highest BCUT2D eigenvalue weighted by Crippen LogP contribution is 2.42. The number of amides is 2. The van der Waals surface area contributed by atoms with E-state index in [1.807, 2.05) is 56.5 Å². The number of urea groups is 1. The molecule has 2 aromatic heterocycles. The third-order valence-corrected chi connectivity index (χ3v) is 5.82. The van der Waals surface area contributed by atoms with Crippen LogP contribution in [-0.2, 0) is 0 Å². The minimum atomic E-state index is -0.207. The zero-order chi connectivity index (χ0) is 22.9. The smallest absolute Gasteiger partial charge is 0.315 e. The molecule has 7 heteroatoms. The van der Waals surface area contributed by atoms with E-state index >= 15 is 0 Å². The maximum atomic E-state index is 11.9. The van der Waals surface area contributed by atoms with Gasteiger partial charge in [0.2, 0.25) is 0 Å². The Morgan fingerprint density at radius 3 is 2.88 bits per heavy atom. The number of nitrogens with zero attached hydrogens (tertiary/aromatic N) is 2. The Balaban J connectivity index is 2.15. The van der Waals surface area contributed by atoms with Crippen LogP contribution in [0.5, 0.6) is 0 Å². The third kappa shape index (κ3) is 5.18. The van der Waals surface area contributed by atoms with Gasteiger partial charge in [-0.2, -0.15) is 0 Å². The van der Waals surface area contributed by atoms with Crippen LogP contribution in [0.2, 0.25) is 0 Å². The molecule has 0 atom stereocenters. The van der Waals surface area contributed by atoms with Crippen molar-refractivity contribution in [3.05, 3.63) is 73.1 Å². The molecule has 32 heavy (non-hydrogen) atoms. The number of fused-ring (bicyclic) bond motifs is 1. The largest absolute Gasteiger partial charge is 0.359 e.